The monoisotopic (exact) mass is 761 g/mol. The summed E-state index contributed by atoms with van der Waals surface area (Å²) in [6.07, 6.45) is -8.33. The number of ketones is 1. The van der Waals surface area contributed by atoms with E-state index in [2.05, 4.69) is 10.5 Å². The summed E-state index contributed by atoms with van der Waals surface area (Å²) in [5.74, 6) is -6.61. The summed E-state index contributed by atoms with van der Waals surface area (Å²) >= 11 is 0. The highest BCUT2D eigenvalue weighted by atomic mass is 16.8. The lowest BCUT2D eigenvalue weighted by Gasteiger charge is -2.47. The number of ether oxygens (including phenoxy) is 6. The first-order valence-electron chi connectivity index (χ1n) is 18.4. The number of nitrogens with zero attached hydrogens (tertiary/aromatic N) is 2. The van der Waals surface area contributed by atoms with Crippen molar-refractivity contribution in [2.45, 2.75) is 129 Å². The number of aliphatic hydroxyl groups excluding tert-OH is 1. The highest BCUT2D eigenvalue weighted by Gasteiger charge is 2.59. The molecule has 1 aromatic rings. The number of Topliss-reactive ketones (excluding diaryl/α,β-unsaturated/α-hetero) is 1. The third kappa shape index (κ3) is 8.88. The molecule has 54 heavy (non-hydrogen) atoms. The molecule has 16 nitrogen and oxygen atoms in total. The van der Waals surface area contributed by atoms with E-state index in [0.717, 1.165) is 0 Å². The Morgan fingerprint density at radius 2 is 1.67 bits per heavy atom. The average Bonchev–Trinajstić information content (AvgIpc) is 3.43. The van der Waals surface area contributed by atoms with Gasteiger partial charge in [-0.25, -0.2) is 9.59 Å². The van der Waals surface area contributed by atoms with E-state index in [1.54, 1.807) is 60.0 Å². The fourth-order valence-electron chi connectivity index (χ4n) is 8.14. The van der Waals surface area contributed by atoms with Gasteiger partial charge in [-0.05, 0) is 73.2 Å². The van der Waals surface area contributed by atoms with Crippen molar-refractivity contribution in [2.75, 3.05) is 14.1 Å². The second-order valence-corrected chi connectivity index (χ2v) is 15.4. The molecule has 3 heterocycles. The molecule has 16 heteroatoms. The number of carbonyl (C=O) groups is 5. The largest absolute Gasteiger partial charge is 0.509 e. The zero-order chi connectivity index (χ0) is 40.3. The molecule has 4 rings (SSSR count). The van der Waals surface area contributed by atoms with E-state index in [4.69, 9.17) is 28.4 Å². The maximum Gasteiger partial charge on any atom is 0.509 e. The van der Waals surface area contributed by atoms with Crippen LogP contribution >= 0.6 is 0 Å². The molecule has 3 aliphatic heterocycles. The number of alkyl carbamates (subject to hydrolysis) is 1. The predicted molar refractivity (Wildman–Crippen MR) is 192 cm³/mol. The van der Waals surface area contributed by atoms with E-state index >= 15 is 0 Å². The van der Waals surface area contributed by atoms with Gasteiger partial charge in [0.1, 0.15) is 29.8 Å². The Morgan fingerprint density at radius 3 is 2.26 bits per heavy atom. The molecule has 0 spiro atoms. The minimum Gasteiger partial charge on any atom is -0.457 e. The van der Waals surface area contributed by atoms with Gasteiger partial charge in [0.05, 0.1) is 11.8 Å². The number of nitrogens with one attached hydrogen (secondary N) is 1. The number of rotatable bonds is 6. The third-order valence-electron chi connectivity index (χ3n) is 11.0. The van der Waals surface area contributed by atoms with Gasteiger partial charge in [-0.3, -0.25) is 19.7 Å². The smallest absolute Gasteiger partial charge is 0.457 e. The van der Waals surface area contributed by atoms with Crippen molar-refractivity contribution in [2.24, 2.45) is 28.8 Å². The van der Waals surface area contributed by atoms with Gasteiger partial charge >= 0.3 is 18.2 Å². The molecule has 0 radical (unpaired) electrons. The van der Waals surface area contributed by atoms with Gasteiger partial charge in [0, 0.05) is 29.4 Å². The van der Waals surface area contributed by atoms with Crippen molar-refractivity contribution < 1.29 is 62.7 Å². The molecule has 0 aromatic heterocycles. The molecule has 2 amide bonds. The second-order valence-electron chi connectivity index (χ2n) is 15.4. The molecule has 0 bridgehead atoms. The highest BCUT2D eigenvalue weighted by Crippen LogP contribution is 2.42. The quantitative estimate of drug-likeness (QED) is 0.123. The zero-order valence-electron chi connectivity index (χ0n) is 32.6. The number of amides is 2. The van der Waals surface area contributed by atoms with E-state index < -0.39 is 108 Å². The van der Waals surface area contributed by atoms with E-state index in [0.29, 0.717) is 6.42 Å². The summed E-state index contributed by atoms with van der Waals surface area (Å²) in [7, 11) is 3.59. The number of carbonyl (C=O) groups excluding carboxylic acids is 5. The zero-order valence-corrected chi connectivity index (χ0v) is 32.6. The summed E-state index contributed by atoms with van der Waals surface area (Å²) in [6.45, 7) is 12.8. The summed E-state index contributed by atoms with van der Waals surface area (Å²) < 4.78 is 35.9. The summed E-state index contributed by atoms with van der Waals surface area (Å²) in [5.41, 5.74) is -3.14. The van der Waals surface area contributed by atoms with Crippen molar-refractivity contribution in [1.29, 1.82) is 0 Å². The molecule has 3 N–H and O–H groups in total. The summed E-state index contributed by atoms with van der Waals surface area (Å²) in [4.78, 5) is 69.3. The van der Waals surface area contributed by atoms with Crippen LogP contribution in [-0.2, 0) is 38.0 Å². The minimum atomic E-state index is -1.87. The minimum absolute atomic E-state index is 0.0969. The van der Waals surface area contributed by atoms with Gasteiger partial charge in [-0.1, -0.05) is 51.0 Å². The Labute approximate surface area is 315 Å². The van der Waals surface area contributed by atoms with Gasteiger partial charge in [0.2, 0.25) is 0 Å². The fourth-order valence-corrected chi connectivity index (χ4v) is 8.14. The maximum atomic E-state index is 14.4. The molecule has 3 saturated heterocycles. The number of esters is 1. The number of aliphatic hydroxyl groups is 1. The Kier molecular flexibility index (Phi) is 13.5. The number of fused-ring (bicyclic) bond motifs is 1. The van der Waals surface area contributed by atoms with Gasteiger partial charge in [-0.15, -0.1) is 0 Å². The number of cyclic esters (lactones) is 1. The van der Waals surface area contributed by atoms with Crippen molar-refractivity contribution in [3.05, 3.63) is 35.9 Å². The van der Waals surface area contributed by atoms with E-state index in [9.17, 15) is 34.3 Å². The summed E-state index contributed by atoms with van der Waals surface area (Å²) in [5, 5.41) is 27.8. The van der Waals surface area contributed by atoms with Crippen LogP contribution in [0, 0.1) is 23.7 Å². The van der Waals surface area contributed by atoms with Crippen LogP contribution in [-0.4, -0.2) is 119 Å². The molecule has 0 unspecified atom stereocenters. The Balaban J connectivity index is 1.86. The first-order chi connectivity index (χ1) is 25.3. The topological polar surface area (TPSA) is 209 Å². The lowest BCUT2D eigenvalue weighted by Crippen LogP contribution is -2.60. The molecule has 300 valence electrons. The van der Waals surface area contributed by atoms with Crippen LogP contribution in [0.3, 0.4) is 0 Å². The highest BCUT2D eigenvalue weighted by molar-refractivity contribution is 6.03. The van der Waals surface area contributed by atoms with Crippen molar-refractivity contribution in [1.82, 2.24) is 10.2 Å². The molecule has 3 fully saturated rings. The number of hydrogen-bond acceptors (Lipinski definition) is 15. The first kappa shape index (κ1) is 42.6. The average molecular weight is 762 g/mol. The Bertz CT molecular complexity index is 1570. The van der Waals surface area contributed by atoms with Crippen LogP contribution in [0.15, 0.2) is 35.5 Å². The predicted octanol–water partition coefficient (Wildman–Crippen LogP) is 4.09. The number of benzene rings is 1. The SMILES string of the molecule is CC[C@H]1OC(=O)[C@H](C)C(=O)[C@H](C)[C@@H](O[C@@H]2O[C@H](C)C[C@H](N(C)C)[C@H]2O)[C@@](C)(OC(=O)NC(=O)c2ccccc2)C[C@@H](C)/C(=N\O)[C@H](C)[C@H]2OC(=O)O[C@@]21C. The van der Waals surface area contributed by atoms with Gasteiger partial charge < -0.3 is 43.6 Å². The van der Waals surface area contributed by atoms with E-state index in [1.165, 1.54) is 32.9 Å². The third-order valence-corrected chi connectivity index (χ3v) is 11.0. The first-order valence-corrected chi connectivity index (χ1v) is 18.4. The van der Waals surface area contributed by atoms with Crippen molar-refractivity contribution >= 4 is 35.6 Å². The van der Waals surface area contributed by atoms with Gasteiger partial charge in [0.25, 0.3) is 5.91 Å². The lowest BCUT2D eigenvalue weighted by atomic mass is 9.74. The molecule has 0 aliphatic carbocycles. The molecular weight excluding hydrogens is 706 g/mol. The molecular formula is C38H55N3O13. The van der Waals surface area contributed by atoms with Crippen LogP contribution in [0.2, 0.25) is 0 Å². The lowest BCUT2D eigenvalue weighted by molar-refractivity contribution is -0.292. The van der Waals surface area contributed by atoms with Crippen molar-refractivity contribution in [3.63, 3.8) is 0 Å². The van der Waals surface area contributed by atoms with Crippen LogP contribution in [0.25, 0.3) is 0 Å². The van der Waals surface area contributed by atoms with Crippen LogP contribution in [0.1, 0.15) is 85.0 Å². The Morgan fingerprint density at radius 1 is 1.02 bits per heavy atom. The number of oxime groups is 1. The van der Waals surface area contributed by atoms with Gasteiger partial charge in [-0.2, -0.15) is 0 Å². The second kappa shape index (κ2) is 17.1. The normalized spacial score (nSPS) is 38.8. The summed E-state index contributed by atoms with van der Waals surface area (Å²) in [6, 6.07) is 7.55. The van der Waals surface area contributed by atoms with Crippen LogP contribution < -0.4 is 5.32 Å². The molecule has 13 atom stereocenters. The molecule has 0 saturated carbocycles. The maximum absolute atomic E-state index is 14.4. The molecule has 3 aliphatic rings. The number of hydrogen-bond donors (Lipinski definition) is 3. The van der Waals surface area contributed by atoms with Gasteiger partial charge in [0.15, 0.2) is 23.8 Å². The van der Waals surface area contributed by atoms with Crippen LogP contribution in [0.4, 0.5) is 9.59 Å². The number of imide groups is 1. The standard InChI is InChI=1S/C38H55N3O13/c1-11-26-38(8)31(52-36(47)54-38)21(4)27(40-48)19(2)18-37(7,53-35(46)39-32(44)24-15-13-12-14-16-24)30(22(5)28(42)23(6)33(45)50-26)51-34-29(43)25(41(9)10)17-20(3)49-34/h12-16,19-23,25-26,29-31,34,43,48H,11,17-18H2,1-10H3,(H,39,44,46)/b40-27+/t19-,20-,21+,22+,23-,25+,26-,29-,30-,31-,34+,37+,38-/m1/s1. The molecule has 1 aromatic carbocycles. The van der Waals surface area contributed by atoms with Crippen LogP contribution in [0.5, 0.6) is 0 Å². The fraction of sp³-hybridized carbons (Fsp3) is 0.684. The number of likely N-dealkylation sites (N-methyl/N-ethyl adjacent to an activating group) is 1. The Hall–Kier alpha value is -4.12. The van der Waals surface area contributed by atoms with E-state index in [1.807, 2.05) is 11.8 Å². The van der Waals surface area contributed by atoms with E-state index in [-0.39, 0.29) is 24.1 Å². The van der Waals surface area contributed by atoms with Crippen molar-refractivity contribution in [3.8, 4) is 0 Å².